The highest BCUT2D eigenvalue weighted by atomic mass is 35.5. The lowest BCUT2D eigenvalue weighted by molar-refractivity contribution is -0.160. The van der Waals surface area contributed by atoms with E-state index in [-0.39, 0.29) is 17.5 Å². The Morgan fingerprint density at radius 2 is 1.25 bits per heavy atom. The van der Waals surface area contributed by atoms with E-state index in [0.717, 1.165) is 14.7 Å². The molecule has 0 aliphatic rings. The Morgan fingerprint density at radius 3 is 1.80 bits per heavy atom. The number of halogens is 1. The first-order valence-corrected chi connectivity index (χ1v) is 16.8. The van der Waals surface area contributed by atoms with Gasteiger partial charge in [-0.3, -0.25) is 14.4 Å². The van der Waals surface area contributed by atoms with Crippen molar-refractivity contribution in [3.63, 3.8) is 0 Å². The summed E-state index contributed by atoms with van der Waals surface area (Å²) in [5.74, 6) is -0.131. The van der Waals surface area contributed by atoms with Crippen LogP contribution in [0.2, 0.25) is 5.02 Å². The first-order chi connectivity index (χ1) is 21.0. The van der Waals surface area contributed by atoms with Crippen LogP contribution >= 0.6 is 35.1 Å². The topological polar surface area (TPSA) is 60.4 Å². The monoisotopic (exact) mass is 644 g/mol. The summed E-state index contributed by atoms with van der Waals surface area (Å²) in [5, 5.41) is 0.680. The molecule has 0 heterocycles. The smallest absolute Gasteiger partial charge is 0.311 e. The maximum absolute atomic E-state index is 13.9. The van der Waals surface area contributed by atoms with Crippen molar-refractivity contribution in [2.75, 3.05) is 5.75 Å². The van der Waals surface area contributed by atoms with Crippen LogP contribution in [0.4, 0.5) is 0 Å². The largest absolute Gasteiger partial charge is 0.461 e. The van der Waals surface area contributed by atoms with E-state index in [9.17, 15) is 14.4 Å². The molecule has 0 saturated carbocycles. The summed E-state index contributed by atoms with van der Waals surface area (Å²) < 4.78 is 5.93. The van der Waals surface area contributed by atoms with Gasteiger partial charge in [0.25, 0.3) is 0 Å². The van der Waals surface area contributed by atoms with Gasteiger partial charge < -0.3 is 4.74 Å². The summed E-state index contributed by atoms with van der Waals surface area (Å²) in [4.78, 5) is 42.5. The van der Waals surface area contributed by atoms with Crippen LogP contribution in [-0.4, -0.2) is 29.4 Å². The van der Waals surface area contributed by atoms with Gasteiger partial charge in [0, 0.05) is 36.4 Å². The van der Waals surface area contributed by atoms with E-state index in [1.807, 2.05) is 131 Å². The van der Waals surface area contributed by atoms with Crippen LogP contribution in [0.15, 0.2) is 118 Å². The number of thioether (sulfide) groups is 1. The highest BCUT2D eigenvalue weighted by Gasteiger charge is 2.34. The number of hydrogen-bond donors (Lipinski definition) is 0. The summed E-state index contributed by atoms with van der Waals surface area (Å²) in [6, 6.07) is 32.0. The van der Waals surface area contributed by atoms with E-state index >= 15 is 0 Å². The Labute approximate surface area is 273 Å². The van der Waals surface area contributed by atoms with Crippen molar-refractivity contribution in [1.82, 2.24) is 0 Å². The van der Waals surface area contributed by atoms with E-state index in [2.05, 4.69) is 0 Å². The molecular formula is C37H37ClO4S2. The Balaban J connectivity index is 1.45. The molecule has 0 fully saturated rings. The molecule has 4 rings (SSSR count). The normalized spacial score (nSPS) is 12.8. The fraction of sp³-hybridized carbons (Fsp3) is 0.270. The second-order valence-electron chi connectivity index (χ2n) is 11.5. The average Bonchev–Trinajstić information content (AvgIpc) is 3.03. The first kappa shape index (κ1) is 33.6. The van der Waals surface area contributed by atoms with Crippen molar-refractivity contribution in [2.45, 2.75) is 61.3 Å². The summed E-state index contributed by atoms with van der Waals surface area (Å²) in [6.45, 7) is 7.41. The average molecular weight is 645 g/mol. The molecule has 0 spiro atoms. The minimum Gasteiger partial charge on any atom is -0.461 e. The van der Waals surface area contributed by atoms with Crippen molar-refractivity contribution in [1.29, 1.82) is 0 Å². The van der Waals surface area contributed by atoms with Gasteiger partial charge in [-0.15, -0.1) is 11.8 Å². The third-order valence-corrected chi connectivity index (χ3v) is 9.41. The van der Waals surface area contributed by atoms with Crippen LogP contribution in [0.25, 0.3) is 0 Å². The van der Waals surface area contributed by atoms with Gasteiger partial charge in [-0.1, -0.05) is 72.8 Å². The lowest BCUT2D eigenvalue weighted by atomic mass is 9.88. The molecule has 0 amide bonds. The van der Waals surface area contributed by atoms with Crippen LogP contribution in [0, 0.1) is 11.3 Å². The molecular weight excluding hydrogens is 608 g/mol. The van der Waals surface area contributed by atoms with Gasteiger partial charge in [0.2, 0.25) is 0 Å². The molecule has 4 aromatic rings. The molecule has 228 valence electrons. The number of benzene rings is 4. The molecule has 2 atom stereocenters. The second-order valence-corrected chi connectivity index (χ2v) is 14.3. The number of rotatable bonds is 13. The second kappa shape index (κ2) is 15.6. The predicted molar refractivity (Wildman–Crippen MR) is 181 cm³/mol. The number of ketones is 2. The lowest BCUT2D eigenvalue weighted by Gasteiger charge is -2.28. The zero-order chi connectivity index (χ0) is 31.7. The zero-order valence-electron chi connectivity index (χ0n) is 25.4. The lowest BCUT2D eigenvalue weighted by Crippen LogP contribution is -2.36. The van der Waals surface area contributed by atoms with Crippen molar-refractivity contribution in [3.05, 3.63) is 125 Å². The van der Waals surface area contributed by atoms with Crippen LogP contribution in [0.3, 0.4) is 0 Å². The number of ether oxygens (including phenoxy) is 1. The summed E-state index contributed by atoms with van der Waals surface area (Å²) >= 11 is 9.24. The first-order valence-electron chi connectivity index (χ1n) is 14.7. The van der Waals surface area contributed by atoms with Gasteiger partial charge in [-0.05, 0) is 100 Å². The maximum Gasteiger partial charge on any atom is 0.311 e. The number of Topliss-reactive ketones (excluding diaryl/α,β-unsaturated/α-hetero) is 1. The maximum atomic E-state index is 13.9. The summed E-state index contributed by atoms with van der Waals surface area (Å²) in [5.41, 5.74) is 1.23. The Kier molecular flexibility index (Phi) is 11.9. The summed E-state index contributed by atoms with van der Waals surface area (Å²) in [7, 11) is 0. The van der Waals surface area contributed by atoms with Crippen LogP contribution in [0.5, 0.6) is 0 Å². The Bertz CT molecular complexity index is 1540. The zero-order valence-corrected chi connectivity index (χ0v) is 27.8. The number of hydrogen-bond acceptors (Lipinski definition) is 6. The molecule has 4 aromatic carbocycles. The molecule has 0 aliphatic heterocycles. The third kappa shape index (κ3) is 9.34. The standard InChI is InChI=1S/C37H37ClO4S2/c1-5-33(42-36(41)37(2,3)4)32(23-24-43-29-21-15-28(38)16-22-29)35(40)27-13-19-31(20-14-27)44-30-17-11-26(12-18-30)34(39)25-9-7-6-8-10-25/h6-22,32-33H,5,23-24H2,1-4H3. The molecule has 0 saturated heterocycles. The SMILES string of the molecule is CCC(OC(=O)C(C)(C)C)C(CCSc1ccc(Cl)cc1)C(=O)c1ccc(Sc2ccc(C(=O)c3ccccc3)cc2)cc1. The van der Waals surface area contributed by atoms with E-state index in [1.165, 1.54) is 0 Å². The van der Waals surface area contributed by atoms with Crippen LogP contribution in [0.1, 0.15) is 66.8 Å². The van der Waals surface area contributed by atoms with E-state index in [4.69, 9.17) is 16.3 Å². The minimum atomic E-state index is -0.662. The molecule has 0 N–H and O–H groups in total. The number of esters is 1. The molecule has 0 aromatic heterocycles. The van der Waals surface area contributed by atoms with Crippen molar-refractivity contribution in [3.8, 4) is 0 Å². The predicted octanol–water partition coefficient (Wildman–Crippen LogP) is 10.1. The van der Waals surface area contributed by atoms with E-state index in [1.54, 1.807) is 23.5 Å². The third-order valence-electron chi connectivity index (χ3n) is 7.10. The van der Waals surface area contributed by atoms with Crippen molar-refractivity contribution in [2.24, 2.45) is 11.3 Å². The van der Waals surface area contributed by atoms with Gasteiger partial charge in [-0.25, -0.2) is 0 Å². The number of carbonyl (C=O) groups is 3. The van der Waals surface area contributed by atoms with Crippen LogP contribution in [-0.2, 0) is 9.53 Å². The van der Waals surface area contributed by atoms with E-state index in [0.29, 0.717) is 40.3 Å². The van der Waals surface area contributed by atoms with Gasteiger partial charge in [0.15, 0.2) is 11.6 Å². The van der Waals surface area contributed by atoms with Crippen molar-refractivity contribution < 1.29 is 19.1 Å². The van der Waals surface area contributed by atoms with Gasteiger partial charge in [-0.2, -0.15) is 0 Å². The number of carbonyl (C=O) groups excluding carboxylic acids is 3. The molecule has 0 aliphatic carbocycles. The quantitative estimate of drug-likeness (QED) is 0.0820. The van der Waals surface area contributed by atoms with Gasteiger partial charge >= 0.3 is 5.97 Å². The van der Waals surface area contributed by atoms with Crippen molar-refractivity contribution >= 4 is 52.7 Å². The fourth-order valence-corrected chi connectivity index (χ4v) is 6.43. The highest BCUT2D eigenvalue weighted by molar-refractivity contribution is 7.99. The molecule has 0 bridgehead atoms. The van der Waals surface area contributed by atoms with Gasteiger partial charge in [0.1, 0.15) is 6.10 Å². The van der Waals surface area contributed by atoms with E-state index < -0.39 is 17.4 Å². The summed E-state index contributed by atoms with van der Waals surface area (Å²) in [6.07, 6.45) is 0.582. The minimum absolute atomic E-state index is 0.00954. The molecule has 4 nitrogen and oxygen atoms in total. The molecule has 0 radical (unpaired) electrons. The molecule has 7 heteroatoms. The fourth-order valence-electron chi connectivity index (χ4n) is 4.55. The molecule has 2 unspecified atom stereocenters. The molecule has 44 heavy (non-hydrogen) atoms. The Hall–Kier alpha value is -3.32. The van der Waals surface area contributed by atoms with Crippen LogP contribution < -0.4 is 0 Å². The Morgan fingerprint density at radius 1 is 0.727 bits per heavy atom. The van der Waals surface area contributed by atoms with Gasteiger partial charge in [0.05, 0.1) is 11.3 Å². The highest BCUT2D eigenvalue weighted by Crippen LogP contribution is 2.31.